The van der Waals surface area contributed by atoms with Gasteiger partial charge in [0.15, 0.2) is 5.82 Å². The molecule has 10 heteroatoms. The normalized spacial score (nSPS) is 18.2. The van der Waals surface area contributed by atoms with Gasteiger partial charge < -0.3 is 20.1 Å². The number of carbonyl (C=O) groups is 3. The Morgan fingerprint density at radius 3 is 2.26 bits per heavy atom. The third-order valence-corrected chi connectivity index (χ3v) is 11.0. The van der Waals surface area contributed by atoms with Crippen molar-refractivity contribution in [3.63, 3.8) is 0 Å². The van der Waals surface area contributed by atoms with Crippen LogP contribution in [0.25, 0.3) is 17.0 Å². The topological polar surface area (TPSA) is 146 Å². The molecule has 1 aromatic heterocycles. The van der Waals surface area contributed by atoms with Crippen LogP contribution in [0.3, 0.4) is 0 Å². The van der Waals surface area contributed by atoms with Crippen LogP contribution in [-0.4, -0.2) is 51.4 Å². The lowest BCUT2D eigenvalue weighted by Crippen LogP contribution is -2.35. The summed E-state index contributed by atoms with van der Waals surface area (Å²) in [5.74, 6) is 1.81. The number of hydrogen-bond acceptors (Lipinski definition) is 7. The first-order valence-corrected chi connectivity index (χ1v) is 18.8. The minimum absolute atomic E-state index is 0.0191. The van der Waals surface area contributed by atoms with Crippen LogP contribution >= 0.6 is 0 Å². The zero-order valence-electron chi connectivity index (χ0n) is 31.0. The highest BCUT2D eigenvalue weighted by atomic mass is 16.5. The van der Waals surface area contributed by atoms with Crippen molar-refractivity contribution in [2.75, 3.05) is 19.0 Å². The zero-order valence-corrected chi connectivity index (χ0v) is 31.0. The van der Waals surface area contributed by atoms with Crippen LogP contribution in [0.1, 0.15) is 90.9 Å². The van der Waals surface area contributed by atoms with E-state index in [4.69, 9.17) is 4.74 Å². The molecule has 10 nitrogen and oxygen atoms in total. The van der Waals surface area contributed by atoms with Crippen molar-refractivity contribution in [2.24, 2.45) is 17.8 Å². The number of methoxy groups -OCH3 is 1. The maximum Gasteiger partial charge on any atom is 0.323 e. The number of amides is 2. The summed E-state index contributed by atoms with van der Waals surface area (Å²) >= 11 is 0. The highest BCUT2D eigenvalue weighted by Crippen LogP contribution is 2.41. The Morgan fingerprint density at radius 1 is 0.926 bits per heavy atom. The summed E-state index contributed by atoms with van der Waals surface area (Å²) < 4.78 is 5.15. The number of carboxylic acid groups (broad SMARTS) is 1. The van der Waals surface area contributed by atoms with E-state index in [0.29, 0.717) is 28.4 Å². The molecule has 1 saturated carbocycles. The highest BCUT2D eigenvalue weighted by Gasteiger charge is 2.28. The Balaban J connectivity index is 1.04. The number of aromatic nitrogens is 2. The zero-order chi connectivity index (χ0) is 38.0. The number of nitrogens with one attached hydrogen (secondary N) is 1. The second-order valence-corrected chi connectivity index (χ2v) is 14.4. The summed E-state index contributed by atoms with van der Waals surface area (Å²) in [6, 6.07) is 20.8. The molecule has 0 spiro atoms. The van der Waals surface area contributed by atoms with Crippen LogP contribution in [-0.2, 0) is 22.6 Å². The maximum absolute atomic E-state index is 13.5. The Labute approximate surface area is 316 Å². The largest absolute Gasteiger partial charge is 0.497 e. The predicted octanol–water partition coefficient (Wildman–Crippen LogP) is 8.33. The molecule has 0 bridgehead atoms. The molecule has 0 aliphatic heterocycles. The first-order chi connectivity index (χ1) is 26.2. The van der Waals surface area contributed by atoms with Gasteiger partial charge in [0.1, 0.15) is 12.3 Å². The number of anilines is 1. The molecule has 4 aromatic rings. The molecular formula is C44H47N5O5. The Hall–Kier alpha value is -5.82. The fourth-order valence-electron chi connectivity index (χ4n) is 7.80. The summed E-state index contributed by atoms with van der Waals surface area (Å²) in [5.41, 5.74) is 5.64. The van der Waals surface area contributed by atoms with E-state index in [1.807, 2.05) is 36.7 Å². The molecule has 2 amide bonds. The van der Waals surface area contributed by atoms with Gasteiger partial charge in [-0.3, -0.25) is 14.4 Å². The number of allylic oxidation sites excluding steroid dienone is 2. The van der Waals surface area contributed by atoms with Crippen LogP contribution in [0.4, 0.5) is 5.69 Å². The first-order valence-electron chi connectivity index (χ1n) is 18.8. The van der Waals surface area contributed by atoms with Crippen molar-refractivity contribution in [3.05, 3.63) is 113 Å². The van der Waals surface area contributed by atoms with Gasteiger partial charge in [0.25, 0.3) is 5.91 Å². The molecule has 54 heavy (non-hydrogen) atoms. The monoisotopic (exact) mass is 725 g/mol. The second-order valence-electron chi connectivity index (χ2n) is 14.4. The van der Waals surface area contributed by atoms with Gasteiger partial charge in [0.05, 0.1) is 25.2 Å². The smallest absolute Gasteiger partial charge is 0.323 e. The van der Waals surface area contributed by atoms with Crippen molar-refractivity contribution in [1.29, 1.82) is 5.26 Å². The van der Waals surface area contributed by atoms with Gasteiger partial charge in [-0.1, -0.05) is 62.6 Å². The van der Waals surface area contributed by atoms with E-state index in [1.54, 1.807) is 42.5 Å². The number of rotatable bonds is 13. The van der Waals surface area contributed by atoms with Crippen molar-refractivity contribution in [3.8, 4) is 23.2 Å². The van der Waals surface area contributed by atoms with Gasteiger partial charge >= 0.3 is 5.97 Å². The van der Waals surface area contributed by atoms with E-state index in [9.17, 15) is 24.8 Å². The molecule has 0 radical (unpaired) electrons. The number of nitriles is 1. The van der Waals surface area contributed by atoms with Crippen molar-refractivity contribution < 1.29 is 24.2 Å². The van der Waals surface area contributed by atoms with Crippen molar-refractivity contribution >= 4 is 29.0 Å². The van der Waals surface area contributed by atoms with Gasteiger partial charge in [-0.2, -0.15) is 5.26 Å². The quantitative estimate of drug-likeness (QED) is 0.140. The Bertz CT molecular complexity index is 2010. The molecule has 1 heterocycles. The molecule has 6 rings (SSSR count). The van der Waals surface area contributed by atoms with Gasteiger partial charge in [0.2, 0.25) is 5.91 Å². The van der Waals surface area contributed by atoms with E-state index >= 15 is 0 Å². The summed E-state index contributed by atoms with van der Waals surface area (Å²) in [7, 11) is 1.51. The van der Waals surface area contributed by atoms with Gasteiger partial charge in [-0.15, -0.1) is 0 Å². The highest BCUT2D eigenvalue weighted by molar-refractivity contribution is 5.97. The van der Waals surface area contributed by atoms with Gasteiger partial charge in [-0.25, -0.2) is 9.97 Å². The van der Waals surface area contributed by atoms with Crippen molar-refractivity contribution in [2.45, 2.75) is 71.3 Å². The average Bonchev–Trinajstić information content (AvgIpc) is 3.21. The number of carbonyl (C=O) groups excluding carboxylic acids is 2. The first kappa shape index (κ1) is 37.9. The average molecular weight is 726 g/mol. The third-order valence-electron chi connectivity index (χ3n) is 11.0. The fourth-order valence-corrected chi connectivity index (χ4v) is 7.80. The van der Waals surface area contributed by atoms with E-state index in [1.165, 1.54) is 56.1 Å². The van der Waals surface area contributed by atoms with Crippen LogP contribution in [0.5, 0.6) is 5.75 Å². The number of ether oxygens (including phenoxy) is 1. The van der Waals surface area contributed by atoms with Crippen LogP contribution < -0.4 is 10.1 Å². The molecule has 1 atom stereocenters. The number of nitrogens with zero attached hydrogens (tertiary/aromatic N) is 4. The summed E-state index contributed by atoms with van der Waals surface area (Å²) in [6.45, 7) is 1.92. The van der Waals surface area contributed by atoms with Gasteiger partial charge in [0, 0.05) is 41.3 Å². The summed E-state index contributed by atoms with van der Waals surface area (Å²) in [6.07, 6.45) is 16.5. The third kappa shape index (κ3) is 9.58. The molecule has 278 valence electrons. The lowest BCUT2D eigenvalue weighted by molar-refractivity contribution is -0.137. The minimum atomic E-state index is -1.13. The molecule has 1 unspecified atom stereocenters. The predicted molar refractivity (Wildman–Crippen MR) is 207 cm³/mol. The Kier molecular flexibility index (Phi) is 12.5. The molecule has 2 N–H and O–H groups in total. The van der Waals surface area contributed by atoms with E-state index in [-0.39, 0.29) is 24.4 Å². The van der Waals surface area contributed by atoms with Crippen LogP contribution in [0, 0.1) is 29.1 Å². The minimum Gasteiger partial charge on any atom is -0.497 e. The van der Waals surface area contributed by atoms with E-state index in [0.717, 1.165) is 47.3 Å². The van der Waals surface area contributed by atoms with E-state index < -0.39 is 18.4 Å². The molecule has 2 aliphatic carbocycles. The number of hydrogen-bond donors (Lipinski definition) is 2. The van der Waals surface area contributed by atoms with Crippen LogP contribution in [0.2, 0.25) is 0 Å². The fraction of sp³-hybridized carbons (Fsp3) is 0.364. The summed E-state index contributed by atoms with van der Waals surface area (Å²) in [4.78, 5) is 48.5. The molecule has 3 aromatic carbocycles. The molecule has 1 fully saturated rings. The van der Waals surface area contributed by atoms with Gasteiger partial charge in [-0.05, 0) is 103 Å². The SMILES string of the molecule is CCC1CCC(C2CC=C(c3cnc(-c4ccc(CN(CC(=O)O)C(=O)c5ccc(NC(=O)Cc6ccc(OC)cc6C#N)cc5)cc4)nc3)CC2)CC1. The standard InChI is InChI=1S/C44H47N5O5/c1-3-29-4-8-31(9-5-29)32-12-14-33(15-13-32)38-25-46-43(47-26-38)34-10-6-30(7-11-34)27-49(28-42(51)52)44(53)35-16-19-39(20-17-35)48-41(50)23-36-18-21-40(54-2)22-37(36)24-45/h6-7,10-11,14,16-22,25-26,29,31-32H,3-5,8-9,12-13,15,23,27-28H2,1-2H3,(H,48,50)(H,51,52). The summed E-state index contributed by atoms with van der Waals surface area (Å²) in [5, 5.41) is 21.8. The molecule has 0 saturated heterocycles. The number of carboxylic acids is 1. The number of aliphatic carboxylic acids is 1. The second kappa shape index (κ2) is 17.8. The molecule has 2 aliphatic rings. The Morgan fingerprint density at radius 2 is 1.65 bits per heavy atom. The lowest BCUT2D eigenvalue weighted by atomic mass is 9.71. The lowest BCUT2D eigenvalue weighted by Gasteiger charge is -2.35. The number of benzene rings is 3. The van der Waals surface area contributed by atoms with E-state index in [2.05, 4.69) is 34.4 Å². The van der Waals surface area contributed by atoms with Crippen LogP contribution in [0.15, 0.2) is 85.2 Å². The maximum atomic E-state index is 13.5. The van der Waals surface area contributed by atoms with Crippen molar-refractivity contribution in [1.82, 2.24) is 14.9 Å². The molecular weight excluding hydrogens is 679 g/mol.